The summed E-state index contributed by atoms with van der Waals surface area (Å²) in [6.45, 7) is 5.99. The third-order valence-electron chi connectivity index (χ3n) is 5.06. The predicted octanol–water partition coefficient (Wildman–Crippen LogP) is 2.47. The van der Waals surface area contributed by atoms with Crippen molar-refractivity contribution in [3.05, 3.63) is 29.8 Å². The van der Waals surface area contributed by atoms with Crippen LogP contribution >= 0.6 is 0 Å². The van der Waals surface area contributed by atoms with Crippen LogP contribution in [-0.4, -0.2) is 62.3 Å². The summed E-state index contributed by atoms with van der Waals surface area (Å²) in [6.07, 6.45) is 3.16. The van der Waals surface area contributed by atoms with Gasteiger partial charge >= 0.3 is 5.97 Å². The lowest BCUT2D eigenvalue weighted by atomic mass is 9.98. The van der Waals surface area contributed by atoms with E-state index in [9.17, 15) is 9.59 Å². The number of piperidine rings is 1. The first kappa shape index (κ1) is 18.7. The molecule has 0 aromatic heterocycles. The van der Waals surface area contributed by atoms with Crippen molar-refractivity contribution >= 4 is 17.6 Å². The number of carbonyl (C=O) groups is 2. The number of esters is 1. The smallest absolute Gasteiger partial charge is 0.307 e. The molecule has 0 unspecified atom stereocenters. The highest BCUT2D eigenvalue weighted by molar-refractivity contribution is 5.95. The molecular weight excluding hydrogens is 332 g/mol. The molecule has 0 aliphatic carbocycles. The van der Waals surface area contributed by atoms with E-state index in [-0.39, 0.29) is 24.3 Å². The first-order valence-electron chi connectivity index (χ1n) is 9.58. The highest BCUT2D eigenvalue weighted by atomic mass is 16.5. The lowest BCUT2D eigenvalue weighted by Gasteiger charge is -2.35. The zero-order chi connectivity index (χ0) is 18.4. The predicted molar refractivity (Wildman–Crippen MR) is 99.4 cm³/mol. The summed E-state index contributed by atoms with van der Waals surface area (Å²) in [5.41, 5.74) is 1.74. The average Bonchev–Trinajstić information content (AvgIpc) is 2.69. The number of likely N-dealkylation sites (tertiary alicyclic amines) is 1. The second kappa shape index (κ2) is 9.03. The molecule has 2 fully saturated rings. The molecule has 2 heterocycles. The molecule has 1 aromatic carbocycles. The second-order valence-corrected chi connectivity index (χ2v) is 6.81. The number of benzene rings is 1. The molecule has 3 rings (SSSR count). The van der Waals surface area contributed by atoms with Crippen molar-refractivity contribution in [3.63, 3.8) is 0 Å². The van der Waals surface area contributed by atoms with Crippen LogP contribution in [0.3, 0.4) is 0 Å². The quantitative estimate of drug-likeness (QED) is 0.755. The summed E-state index contributed by atoms with van der Waals surface area (Å²) >= 11 is 0. The van der Waals surface area contributed by atoms with Crippen LogP contribution in [0.4, 0.5) is 5.69 Å². The van der Waals surface area contributed by atoms with Crippen molar-refractivity contribution in [2.45, 2.75) is 38.6 Å². The van der Waals surface area contributed by atoms with Crippen LogP contribution < -0.4 is 4.90 Å². The maximum atomic E-state index is 13.1. The third kappa shape index (κ3) is 4.55. The molecule has 1 atom stereocenters. The van der Waals surface area contributed by atoms with Crippen molar-refractivity contribution in [1.29, 1.82) is 0 Å². The van der Waals surface area contributed by atoms with Gasteiger partial charge in [0, 0.05) is 36.9 Å². The molecule has 6 nitrogen and oxygen atoms in total. The van der Waals surface area contributed by atoms with Crippen LogP contribution in [0.15, 0.2) is 24.3 Å². The van der Waals surface area contributed by atoms with Gasteiger partial charge in [-0.3, -0.25) is 9.59 Å². The summed E-state index contributed by atoms with van der Waals surface area (Å²) in [5, 5.41) is 0. The van der Waals surface area contributed by atoms with E-state index in [0.717, 1.165) is 38.0 Å². The van der Waals surface area contributed by atoms with Gasteiger partial charge in [-0.15, -0.1) is 0 Å². The first-order chi connectivity index (χ1) is 12.7. The van der Waals surface area contributed by atoms with Gasteiger partial charge in [-0.1, -0.05) is 6.07 Å². The van der Waals surface area contributed by atoms with Gasteiger partial charge in [0.25, 0.3) is 5.91 Å². The number of nitrogens with zero attached hydrogens (tertiary/aromatic N) is 2. The Balaban J connectivity index is 1.72. The molecule has 26 heavy (non-hydrogen) atoms. The van der Waals surface area contributed by atoms with Gasteiger partial charge in [0.1, 0.15) is 0 Å². The fourth-order valence-electron chi connectivity index (χ4n) is 3.72. The summed E-state index contributed by atoms with van der Waals surface area (Å²) in [6, 6.07) is 7.73. The van der Waals surface area contributed by atoms with Crippen LogP contribution in [0.1, 0.15) is 43.0 Å². The lowest BCUT2D eigenvalue weighted by molar-refractivity contribution is -0.144. The molecule has 2 aliphatic heterocycles. The Morgan fingerprint density at radius 3 is 2.77 bits per heavy atom. The molecule has 0 saturated carbocycles. The minimum atomic E-state index is -0.223. The molecule has 142 valence electrons. The Morgan fingerprint density at radius 1 is 1.19 bits per heavy atom. The minimum absolute atomic E-state index is 0.00843. The van der Waals surface area contributed by atoms with Gasteiger partial charge in [-0.05, 0) is 44.4 Å². The molecule has 0 spiro atoms. The number of rotatable bonds is 5. The molecular formula is C20H28N2O4. The van der Waals surface area contributed by atoms with Gasteiger partial charge in [-0.25, -0.2) is 0 Å². The topological polar surface area (TPSA) is 59.1 Å². The van der Waals surface area contributed by atoms with Crippen LogP contribution in [0.25, 0.3) is 0 Å². The monoisotopic (exact) mass is 360 g/mol. The molecule has 1 amide bonds. The Hall–Kier alpha value is -2.08. The minimum Gasteiger partial charge on any atom is -0.466 e. The summed E-state index contributed by atoms with van der Waals surface area (Å²) in [4.78, 5) is 29.1. The lowest BCUT2D eigenvalue weighted by Crippen LogP contribution is -2.45. The molecule has 0 bridgehead atoms. The Kier molecular flexibility index (Phi) is 6.50. The zero-order valence-corrected chi connectivity index (χ0v) is 15.5. The number of amides is 1. The van der Waals surface area contributed by atoms with E-state index in [1.165, 1.54) is 0 Å². The van der Waals surface area contributed by atoms with E-state index in [0.29, 0.717) is 31.9 Å². The highest BCUT2D eigenvalue weighted by Crippen LogP contribution is 2.24. The Labute approximate surface area is 155 Å². The molecule has 2 aliphatic rings. The van der Waals surface area contributed by atoms with Crippen molar-refractivity contribution in [3.8, 4) is 0 Å². The number of morpholine rings is 1. The van der Waals surface area contributed by atoms with Crippen molar-refractivity contribution in [1.82, 2.24) is 4.90 Å². The summed E-state index contributed by atoms with van der Waals surface area (Å²) in [7, 11) is 0. The first-order valence-corrected chi connectivity index (χ1v) is 9.58. The standard InChI is InChI=1S/C20H28N2O4/c1-2-26-19(23)15-18-7-3-4-9-22(18)20(24)16-6-5-8-17(14-16)21-10-12-25-13-11-21/h5-6,8,14,18H,2-4,7,9-13,15H2,1H3/t18-/m0/s1. The normalized spacial score (nSPS) is 20.7. The zero-order valence-electron chi connectivity index (χ0n) is 15.5. The van der Waals surface area contributed by atoms with E-state index < -0.39 is 0 Å². The second-order valence-electron chi connectivity index (χ2n) is 6.81. The maximum absolute atomic E-state index is 13.1. The van der Waals surface area contributed by atoms with E-state index in [1.807, 2.05) is 29.2 Å². The van der Waals surface area contributed by atoms with Gasteiger partial charge in [0.05, 0.1) is 26.2 Å². The van der Waals surface area contributed by atoms with Crippen LogP contribution in [0, 0.1) is 0 Å². The largest absolute Gasteiger partial charge is 0.466 e. The molecule has 1 aromatic rings. The van der Waals surface area contributed by atoms with E-state index >= 15 is 0 Å². The Bertz CT molecular complexity index is 628. The van der Waals surface area contributed by atoms with E-state index in [2.05, 4.69) is 4.90 Å². The van der Waals surface area contributed by atoms with Crippen LogP contribution in [-0.2, 0) is 14.3 Å². The molecule has 0 radical (unpaired) electrons. The fraction of sp³-hybridized carbons (Fsp3) is 0.600. The number of anilines is 1. The number of hydrogen-bond acceptors (Lipinski definition) is 5. The fourth-order valence-corrected chi connectivity index (χ4v) is 3.72. The maximum Gasteiger partial charge on any atom is 0.307 e. The summed E-state index contributed by atoms with van der Waals surface area (Å²) in [5.74, 6) is -0.214. The number of ether oxygens (including phenoxy) is 2. The summed E-state index contributed by atoms with van der Waals surface area (Å²) < 4.78 is 10.5. The molecule has 2 saturated heterocycles. The van der Waals surface area contributed by atoms with Gasteiger partial charge in [0.15, 0.2) is 0 Å². The number of carbonyl (C=O) groups excluding carboxylic acids is 2. The average molecular weight is 360 g/mol. The van der Waals surface area contributed by atoms with Crippen molar-refractivity contribution in [2.75, 3.05) is 44.4 Å². The van der Waals surface area contributed by atoms with Crippen molar-refractivity contribution < 1.29 is 19.1 Å². The van der Waals surface area contributed by atoms with Crippen LogP contribution in [0.5, 0.6) is 0 Å². The van der Waals surface area contributed by atoms with Crippen molar-refractivity contribution in [2.24, 2.45) is 0 Å². The number of hydrogen-bond donors (Lipinski definition) is 0. The molecule has 6 heteroatoms. The highest BCUT2D eigenvalue weighted by Gasteiger charge is 2.30. The van der Waals surface area contributed by atoms with Gasteiger partial charge < -0.3 is 19.3 Å². The molecule has 0 N–H and O–H groups in total. The van der Waals surface area contributed by atoms with E-state index in [1.54, 1.807) is 6.92 Å². The van der Waals surface area contributed by atoms with E-state index in [4.69, 9.17) is 9.47 Å². The SMILES string of the molecule is CCOC(=O)C[C@@H]1CCCCN1C(=O)c1cccc(N2CCOCC2)c1. The third-order valence-corrected chi connectivity index (χ3v) is 5.06. The van der Waals surface area contributed by atoms with Gasteiger partial charge in [-0.2, -0.15) is 0 Å². The van der Waals surface area contributed by atoms with Gasteiger partial charge in [0.2, 0.25) is 0 Å². The van der Waals surface area contributed by atoms with Crippen LogP contribution in [0.2, 0.25) is 0 Å². The Morgan fingerprint density at radius 2 is 2.00 bits per heavy atom.